The molecule has 0 spiro atoms. The maximum Gasteiger partial charge on any atom is 0.188 e. The first-order valence-corrected chi connectivity index (χ1v) is 6.79. The van der Waals surface area contributed by atoms with E-state index in [1.54, 1.807) is 0 Å². The normalized spacial score (nSPS) is 12.5. The summed E-state index contributed by atoms with van der Waals surface area (Å²) in [5.74, 6) is 0.504. The molecule has 1 aromatic rings. The first kappa shape index (κ1) is 19.5. The number of hydrogen-bond acceptors (Lipinski definition) is 1. The first-order chi connectivity index (χ1) is 8.91. The van der Waals surface area contributed by atoms with Crippen molar-refractivity contribution in [3.63, 3.8) is 0 Å². The third kappa shape index (κ3) is 6.33. The smallest absolute Gasteiger partial charge is 0.188 e. The van der Waals surface area contributed by atoms with Crippen LogP contribution >= 0.6 is 47.2 Å². The van der Waals surface area contributed by atoms with E-state index in [9.17, 15) is 0 Å². The van der Waals surface area contributed by atoms with Crippen LogP contribution in [0.1, 0.15) is 25.3 Å². The Balaban J connectivity index is 0.00000361. The Morgan fingerprint density at radius 2 is 1.95 bits per heavy atom. The minimum atomic E-state index is 0. The molecule has 3 nitrogen and oxygen atoms in total. The second-order valence-electron chi connectivity index (χ2n) is 4.57. The van der Waals surface area contributed by atoms with E-state index in [1.165, 1.54) is 0 Å². The van der Waals surface area contributed by atoms with Crippen molar-refractivity contribution < 1.29 is 0 Å². The van der Waals surface area contributed by atoms with Crippen LogP contribution in [0.15, 0.2) is 35.3 Å². The van der Waals surface area contributed by atoms with E-state index in [1.807, 2.05) is 32.0 Å². The zero-order valence-corrected chi connectivity index (χ0v) is 15.5. The standard InChI is InChI=1S/C14H19Cl2N3.HI/c1-9(2)7-18-14(17)19-8-10(3)13-11(15)5-4-6-12(13)16;/h4-6,10H,1,7-8H2,2-3H3,(H3,17,18,19);1H. The van der Waals surface area contributed by atoms with Crippen LogP contribution in [0.2, 0.25) is 10.0 Å². The highest BCUT2D eigenvalue weighted by Gasteiger charge is 2.13. The average Bonchev–Trinajstić information content (AvgIpc) is 2.33. The monoisotopic (exact) mass is 427 g/mol. The van der Waals surface area contributed by atoms with Gasteiger partial charge in [-0.1, -0.05) is 48.3 Å². The minimum absolute atomic E-state index is 0. The lowest BCUT2D eigenvalue weighted by atomic mass is 10.0. The van der Waals surface area contributed by atoms with Gasteiger partial charge < -0.3 is 11.1 Å². The second-order valence-corrected chi connectivity index (χ2v) is 5.39. The van der Waals surface area contributed by atoms with Crippen LogP contribution in [-0.4, -0.2) is 19.0 Å². The van der Waals surface area contributed by atoms with Crippen molar-refractivity contribution in [1.29, 1.82) is 0 Å². The molecule has 0 aliphatic carbocycles. The molecular weight excluding hydrogens is 408 g/mol. The summed E-state index contributed by atoms with van der Waals surface area (Å²) in [4.78, 5) is 4.28. The molecular formula is C14H20Cl2IN3. The Morgan fingerprint density at radius 1 is 1.40 bits per heavy atom. The molecule has 0 saturated heterocycles. The molecule has 0 amide bonds. The quantitative estimate of drug-likeness (QED) is 0.320. The molecule has 0 radical (unpaired) electrons. The van der Waals surface area contributed by atoms with E-state index in [-0.39, 0.29) is 29.9 Å². The Kier molecular flexibility index (Phi) is 9.25. The van der Waals surface area contributed by atoms with Crippen LogP contribution in [0.3, 0.4) is 0 Å². The third-order valence-corrected chi connectivity index (χ3v) is 3.26. The number of aliphatic imine (C=N–C) groups is 1. The van der Waals surface area contributed by atoms with Gasteiger partial charge in [0.05, 0.1) is 0 Å². The number of nitrogens with zero attached hydrogens (tertiary/aromatic N) is 1. The van der Waals surface area contributed by atoms with Gasteiger partial charge in [0, 0.05) is 29.1 Å². The summed E-state index contributed by atoms with van der Waals surface area (Å²) in [7, 11) is 0. The predicted octanol–water partition coefficient (Wildman–Crippen LogP) is 4.20. The molecule has 0 fully saturated rings. The second kappa shape index (κ2) is 9.47. The summed E-state index contributed by atoms with van der Waals surface area (Å²) < 4.78 is 0. The summed E-state index contributed by atoms with van der Waals surface area (Å²) in [5.41, 5.74) is 7.66. The van der Waals surface area contributed by atoms with Crippen molar-refractivity contribution in [2.45, 2.75) is 19.8 Å². The van der Waals surface area contributed by atoms with E-state index in [0.29, 0.717) is 29.1 Å². The van der Waals surface area contributed by atoms with Crippen LogP contribution in [-0.2, 0) is 0 Å². The van der Waals surface area contributed by atoms with Crippen LogP contribution < -0.4 is 11.1 Å². The summed E-state index contributed by atoms with van der Waals surface area (Å²) >= 11 is 12.3. The molecule has 1 unspecified atom stereocenters. The highest BCUT2D eigenvalue weighted by Crippen LogP contribution is 2.31. The van der Waals surface area contributed by atoms with Gasteiger partial charge in [0.15, 0.2) is 5.96 Å². The number of nitrogens with one attached hydrogen (secondary N) is 1. The lowest BCUT2D eigenvalue weighted by molar-refractivity contribution is 0.768. The highest BCUT2D eigenvalue weighted by atomic mass is 127. The zero-order chi connectivity index (χ0) is 14.4. The van der Waals surface area contributed by atoms with Crippen LogP contribution in [0, 0.1) is 0 Å². The summed E-state index contributed by atoms with van der Waals surface area (Å²) in [6, 6.07) is 5.48. The van der Waals surface area contributed by atoms with Crippen LogP contribution in [0.4, 0.5) is 0 Å². The Bertz CT molecular complexity index is 469. The van der Waals surface area contributed by atoms with Crippen LogP contribution in [0.25, 0.3) is 0 Å². The van der Waals surface area contributed by atoms with Gasteiger partial charge in [0.2, 0.25) is 0 Å². The molecule has 0 heterocycles. The summed E-state index contributed by atoms with van der Waals surface area (Å²) in [6.45, 7) is 8.87. The summed E-state index contributed by atoms with van der Waals surface area (Å²) in [5, 5.41) is 4.29. The number of rotatable bonds is 5. The lowest BCUT2D eigenvalue weighted by Gasteiger charge is -2.14. The fourth-order valence-electron chi connectivity index (χ4n) is 1.61. The maximum atomic E-state index is 6.15. The number of benzene rings is 1. The van der Waals surface area contributed by atoms with Crippen molar-refractivity contribution in [3.05, 3.63) is 46.0 Å². The first-order valence-electron chi connectivity index (χ1n) is 6.04. The van der Waals surface area contributed by atoms with Gasteiger partial charge in [0.1, 0.15) is 0 Å². The van der Waals surface area contributed by atoms with Gasteiger partial charge in [-0.3, -0.25) is 4.99 Å². The topological polar surface area (TPSA) is 50.4 Å². The van der Waals surface area contributed by atoms with Gasteiger partial charge in [-0.25, -0.2) is 0 Å². The van der Waals surface area contributed by atoms with Crippen molar-refractivity contribution in [2.24, 2.45) is 10.7 Å². The number of nitrogens with two attached hydrogens (primary N) is 1. The van der Waals surface area contributed by atoms with E-state index >= 15 is 0 Å². The maximum absolute atomic E-state index is 6.15. The molecule has 1 atom stereocenters. The molecule has 112 valence electrons. The van der Waals surface area contributed by atoms with Crippen molar-refractivity contribution in [2.75, 3.05) is 13.1 Å². The highest BCUT2D eigenvalue weighted by molar-refractivity contribution is 14.0. The van der Waals surface area contributed by atoms with E-state index < -0.39 is 0 Å². The van der Waals surface area contributed by atoms with Gasteiger partial charge in [-0.2, -0.15) is 0 Å². The van der Waals surface area contributed by atoms with Crippen molar-refractivity contribution in [1.82, 2.24) is 5.32 Å². The molecule has 0 aliphatic rings. The molecule has 1 rings (SSSR count). The van der Waals surface area contributed by atoms with Crippen LogP contribution in [0.5, 0.6) is 0 Å². The SMILES string of the molecule is C=C(C)CNC(N)=NCC(C)c1c(Cl)cccc1Cl.I. The molecule has 0 aliphatic heterocycles. The molecule has 0 saturated carbocycles. The molecule has 6 heteroatoms. The van der Waals surface area contributed by atoms with E-state index in [2.05, 4.69) is 16.9 Å². The third-order valence-electron chi connectivity index (χ3n) is 2.60. The fourth-order valence-corrected chi connectivity index (χ4v) is 2.38. The fraction of sp³-hybridized carbons (Fsp3) is 0.357. The lowest BCUT2D eigenvalue weighted by Crippen LogP contribution is -2.33. The van der Waals surface area contributed by atoms with Gasteiger partial charge in [-0.05, 0) is 24.6 Å². The minimum Gasteiger partial charge on any atom is -0.370 e. The van der Waals surface area contributed by atoms with Crippen molar-refractivity contribution in [3.8, 4) is 0 Å². The molecule has 20 heavy (non-hydrogen) atoms. The van der Waals surface area contributed by atoms with Gasteiger partial charge in [0.25, 0.3) is 0 Å². The number of guanidine groups is 1. The molecule has 0 bridgehead atoms. The zero-order valence-electron chi connectivity index (χ0n) is 11.6. The number of hydrogen-bond donors (Lipinski definition) is 2. The number of halogens is 3. The Morgan fingerprint density at radius 3 is 2.45 bits per heavy atom. The Labute approximate surface area is 147 Å². The van der Waals surface area contributed by atoms with Gasteiger partial charge in [-0.15, -0.1) is 24.0 Å². The average molecular weight is 428 g/mol. The van der Waals surface area contributed by atoms with Crippen molar-refractivity contribution >= 4 is 53.1 Å². The predicted molar refractivity (Wildman–Crippen MR) is 99.6 cm³/mol. The Hall–Kier alpha value is -0.460. The molecule has 0 aromatic heterocycles. The summed E-state index contributed by atoms with van der Waals surface area (Å²) in [6.07, 6.45) is 0. The van der Waals surface area contributed by atoms with E-state index in [0.717, 1.165) is 11.1 Å². The largest absolute Gasteiger partial charge is 0.370 e. The van der Waals surface area contributed by atoms with Gasteiger partial charge >= 0.3 is 0 Å². The molecule has 1 aromatic carbocycles. The molecule has 3 N–H and O–H groups in total. The van der Waals surface area contributed by atoms with E-state index in [4.69, 9.17) is 28.9 Å².